The second kappa shape index (κ2) is 9.32. The highest BCUT2D eigenvalue weighted by Gasteiger charge is 2.22. The van der Waals surface area contributed by atoms with Crippen molar-refractivity contribution in [3.8, 4) is 0 Å². The maximum absolute atomic E-state index is 11.6. The van der Waals surface area contributed by atoms with Crippen molar-refractivity contribution in [2.45, 2.75) is 39.3 Å². The van der Waals surface area contributed by atoms with Gasteiger partial charge in [0.25, 0.3) is 0 Å². The fraction of sp³-hybridized carbons (Fsp3) is 0.750. The lowest BCUT2D eigenvalue weighted by Gasteiger charge is -2.19. The molecule has 110 valence electrons. The molecule has 2 atom stereocenters. The Balaban J connectivity index is 4.26. The van der Waals surface area contributed by atoms with E-state index in [0.29, 0.717) is 6.54 Å². The van der Waals surface area contributed by atoms with Crippen molar-refractivity contribution >= 4 is 17.8 Å². The summed E-state index contributed by atoms with van der Waals surface area (Å²) in [5.41, 5.74) is 0. The van der Waals surface area contributed by atoms with Crippen LogP contribution in [0, 0.1) is 0 Å². The summed E-state index contributed by atoms with van der Waals surface area (Å²) in [5.74, 6) is -1.03. The van der Waals surface area contributed by atoms with Crippen LogP contribution < -0.4 is 16.0 Å². The molecule has 0 saturated heterocycles. The minimum Gasteiger partial charge on any atom is -0.467 e. The van der Waals surface area contributed by atoms with Gasteiger partial charge in [0.05, 0.1) is 13.2 Å². The van der Waals surface area contributed by atoms with Gasteiger partial charge in [0.15, 0.2) is 0 Å². The second-order valence-corrected chi connectivity index (χ2v) is 4.20. The van der Waals surface area contributed by atoms with Gasteiger partial charge in [0, 0.05) is 20.0 Å². The minimum absolute atomic E-state index is 0.132. The lowest BCUT2D eigenvalue weighted by Crippen LogP contribution is -2.51. The number of hydrogen-bond donors (Lipinski definition) is 3. The van der Waals surface area contributed by atoms with Crippen LogP contribution >= 0.6 is 0 Å². The van der Waals surface area contributed by atoms with Crippen molar-refractivity contribution in [2.75, 3.05) is 20.2 Å². The van der Waals surface area contributed by atoms with E-state index in [2.05, 4.69) is 20.7 Å². The quantitative estimate of drug-likeness (QED) is 0.502. The molecule has 3 N–H and O–H groups in total. The first-order valence-corrected chi connectivity index (χ1v) is 6.28. The molecule has 0 radical (unpaired) electrons. The highest BCUT2D eigenvalue weighted by atomic mass is 16.5. The first kappa shape index (κ1) is 17.4. The molecular weight excluding hydrogens is 250 g/mol. The normalized spacial score (nSPS) is 13.3. The standard InChI is InChI=1S/C12H23N3O4/c1-5-6-13-11(17)8(2)14-7-10(12(18)19-4)15-9(3)16/h8,10,14H,5-7H2,1-4H3,(H,13,17)(H,15,16). The SMILES string of the molecule is CCCNC(=O)C(C)NCC(NC(C)=O)C(=O)OC. The largest absolute Gasteiger partial charge is 0.467 e. The Kier molecular flexibility index (Phi) is 8.52. The van der Waals surface area contributed by atoms with E-state index in [-0.39, 0.29) is 18.4 Å². The van der Waals surface area contributed by atoms with Crippen molar-refractivity contribution < 1.29 is 19.1 Å². The predicted octanol–water partition coefficient (Wildman–Crippen LogP) is -0.832. The maximum atomic E-state index is 11.6. The van der Waals surface area contributed by atoms with Gasteiger partial charge in [-0.25, -0.2) is 4.79 Å². The summed E-state index contributed by atoms with van der Waals surface area (Å²) >= 11 is 0. The van der Waals surface area contributed by atoms with E-state index in [9.17, 15) is 14.4 Å². The number of rotatable bonds is 8. The number of carbonyl (C=O) groups is 3. The van der Waals surface area contributed by atoms with Crippen molar-refractivity contribution in [3.63, 3.8) is 0 Å². The van der Waals surface area contributed by atoms with Gasteiger partial charge in [0.2, 0.25) is 11.8 Å². The zero-order chi connectivity index (χ0) is 14.8. The molecule has 0 aromatic carbocycles. The van der Waals surface area contributed by atoms with E-state index in [1.807, 2.05) is 6.92 Å². The van der Waals surface area contributed by atoms with Gasteiger partial charge in [-0.05, 0) is 13.3 Å². The summed E-state index contributed by atoms with van der Waals surface area (Å²) in [4.78, 5) is 34.0. The van der Waals surface area contributed by atoms with Gasteiger partial charge in [-0.1, -0.05) is 6.92 Å². The van der Waals surface area contributed by atoms with Crippen molar-refractivity contribution in [1.82, 2.24) is 16.0 Å². The summed E-state index contributed by atoms with van der Waals surface area (Å²) < 4.78 is 4.58. The van der Waals surface area contributed by atoms with E-state index < -0.39 is 18.1 Å². The third-order valence-electron chi connectivity index (χ3n) is 2.43. The molecule has 7 heteroatoms. The van der Waals surface area contributed by atoms with Crippen molar-refractivity contribution in [3.05, 3.63) is 0 Å². The number of hydrogen-bond acceptors (Lipinski definition) is 5. The van der Waals surface area contributed by atoms with Crippen molar-refractivity contribution in [2.24, 2.45) is 0 Å². The van der Waals surface area contributed by atoms with Gasteiger partial charge in [0.1, 0.15) is 6.04 Å². The Labute approximate surface area is 113 Å². The van der Waals surface area contributed by atoms with Crippen molar-refractivity contribution in [1.29, 1.82) is 0 Å². The number of methoxy groups -OCH3 is 1. The molecule has 0 heterocycles. The average Bonchev–Trinajstić information content (AvgIpc) is 2.38. The Morgan fingerprint density at radius 3 is 2.37 bits per heavy atom. The third-order valence-corrected chi connectivity index (χ3v) is 2.43. The topological polar surface area (TPSA) is 96.5 Å². The molecule has 0 fully saturated rings. The Morgan fingerprint density at radius 1 is 1.26 bits per heavy atom. The van der Waals surface area contributed by atoms with E-state index in [1.165, 1.54) is 14.0 Å². The molecule has 2 amide bonds. The number of esters is 1. The van der Waals surface area contributed by atoms with Crippen LogP contribution in [-0.4, -0.2) is 50.1 Å². The molecule has 0 aliphatic carbocycles. The summed E-state index contributed by atoms with van der Waals surface area (Å²) in [7, 11) is 1.24. The van der Waals surface area contributed by atoms with Crippen LogP contribution in [0.25, 0.3) is 0 Å². The number of carbonyl (C=O) groups excluding carboxylic acids is 3. The maximum Gasteiger partial charge on any atom is 0.329 e. The molecule has 7 nitrogen and oxygen atoms in total. The molecule has 0 bridgehead atoms. The number of ether oxygens (including phenoxy) is 1. The number of amides is 2. The summed E-state index contributed by atoms with van der Waals surface area (Å²) in [6.07, 6.45) is 0.856. The van der Waals surface area contributed by atoms with Crippen LogP contribution in [-0.2, 0) is 19.1 Å². The van der Waals surface area contributed by atoms with Gasteiger partial charge >= 0.3 is 5.97 Å². The third kappa shape index (κ3) is 7.40. The smallest absolute Gasteiger partial charge is 0.329 e. The second-order valence-electron chi connectivity index (χ2n) is 4.20. The molecule has 19 heavy (non-hydrogen) atoms. The van der Waals surface area contributed by atoms with Crippen LogP contribution in [0.15, 0.2) is 0 Å². The zero-order valence-electron chi connectivity index (χ0n) is 11.9. The molecule has 0 aliphatic heterocycles. The van der Waals surface area contributed by atoms with Gasteiger partial charge < -0.3 is 20.7 Å². The zero-order valence-corrected chi connectivity index (χ0v) is 11.9. The fourth-order valence-corrected chi connectivity index (χ4v) is 1.37. The first-order valence-electron chi connectivity index (χ1n) is 6.28. The van der Waals surface area contributed by atoms with E-state index in [0.717, 1.165) is 6.42 Å². The Hall–Kier alpha value is -1.63. The first-order chi connectivity index (χ1) is 8.92. The van der Waals surface area contributed by atoms with E-state index in [4.69, 9.17) is 0 Å². The monoisotopic (exact) mass is 273 g/mol. The average molecular weight is 273 g/mol. The highest BCUT2D eigenvalue weighted by Crippen LogP contribution is 1.90. The molecule has 0 aliphatic rings. The van der Waals surface area contributed by atoms with Gasteiger partial charge in [-0.2, -0.15) is 0 Å². The summed E-state index contributed by atoms with van der Waals surface area (Å²) in [5, 5.41) is 8.08. The lowest BCUT2D eigenvalue weighted by atomic mass is 10.2. The van der Waals surface area contributed by atoms with Crippen LogP contribution in [0.1, 0.15) is 27.2 Å². The van der Waals surface area contributed by atoms with Crippen LogP contribution in [0.2, 0.25) is 0 Å². The Bertz CT molecular complexity index is 320. The summed E-state index contributed by atoms with van der Waals surface area (Å²) in [6, 6.07) is -1.25. The Morgan fingerprint density at radius 2 is 1.89 bits per heavy atom. The van der Waals surface area contributed by atoms with Crippen LogP contribution in [0.5, 0.6) is 0 Å². The number of nitrogens with one attached hydrogen (secondary N) is 3. The van der Waals surface area contributed by atoms with E-state index >= 15 is 0 Å². The molecule has 0 spiro atoms. The lowest BCUT2D eigenvalue weighted by molar-refractivity contribution is -0.144. The molecular formula is C12H23N3O4. The molecule has 0 aromatic heterocycles. The fourth-order valence-electron chi connectivity index (χ4n) is 1.37. The van der Waals surface area contributed by atoms with Gasteiger partial charge in [-0.15, -0.1) is 0 Å². The minimum atomic E-state index is -0.802. The highest BCUT2D eigenvalue weighted by molar-refractivity contribution is 5.84. The molecule has 2 unspecified atom stereocenters. The summed E-state index contributed by atoms with van der Waals surface area (Å²) in [6.45, 7) is 5.70. The van der Waals surface area contributed by atoms with Crippen LogP contribution in [0.3, 0.4) is 0 Å². The predicted molar refractivity (Wildman–Crippen MR) is 70.4 cm³/mol. The molecule has 0 saturated carbocycles. The van der Waals surface area contributed by atoms with E-state index in [1.54, 1.807) is 6.92 Å². The van der Waals surface area contributed by atoms with Crippen LogP contribution in [0.4, 0.5) is 0 Å². The molecule has 0 aromatic rings. The van der Waals surface area contributed by atoms with Gasteiger partial charge in [-0.3, -0.25) is 9.59 Å². The molecule has 0 rings (SSSR count).